The Balaban J connectivity index is 2.48. The van der Waals surface area contributed by atoms with Crippen LogP contribution in [0.4, 0.5) is 0 Å². The molecule has 0 saturated heterocycles. The zero-order chi connectivity index (χ0) is 14.0. The molecule has 0 amide bonds. The number of benzene rings is 1. The highest BCUT2D eigenvalue weighted by atomic mass is 79.9. The molecule has 0 aliphatic carbocycles. The standard InChI is InChI=1S/C13H18BrNO4/c1-18-12-4-11(14)13-10(3-8(17)6-19-13)9(12)2-7(15)5-16/h4,7-8,16-17H,2-3,5-6,15H2,1H3/t7-,8?/m1/s1. The van der Waals surface area contributed by atoms with Crippen molar-refractivity contribution in [1.82, 2.24) is 0 Å². The van der Waals surface area contributed by atoms with E-state index in [-0.39, 0.29) is 19.3 Å². The molecule has 6 heteroatoms. The Hall–Kier alpha value is -0.820. The average Bonchev–Trinajstić information content (AvgIpc) is 2.41. The van der Waals surface area contributed by atoms with Crippen molar-refractivity contribution in [2.45, 2.75) is 25.0 Å². The van der Waals surface area contributed by atoms with Gasteiger partial charge in [-0.2, -0.15) is 0 Å². The van der Waals surface area contributed by atoms with Crippen LogP contribution in [0.3, 0.4) is 0 Å². The molecule has 1 aromatic rings. The van der Waals surface area contributed by atoms with Gasteiger partial charge in [0.05, 0.1) is 24.3 Å². The summed E-state index contributed by atoms with van der Waals surface area (Å²) in [5, 5.41) is 18.9. The third-order valence-corrected chi connectivity index (χ3v) is 3.78. The molecular weight excluding hydrogens is 314 g/mol. The number of hydrogen-bond donors (Lipinski definition) is 3. The normalized spacial score (nSPS) is 19.5. The number of fused-ring (bicyclic) bond motifs is 1. The summed E-state index contributed by atoms with van der Waals surface area (Å²) in [6.07, 6.45) is 0.444. The highest BCUT2D eigenvalue weighted by molar-refractivity contribution is 9.10. The minimum Gasteiger partial charge on any atom is -0.496 e. The second-order valence-corrected chi connectivity index (χ2v) is 5.52. The van der Waals surface area contributed by atoms with Gasteiger partial charge in [0.2, 0.25) is 0 Å². The maximum Gasteiger partial charge on any atom is 0.137 e. The zero-order valence-electron chi connectivity index (χ0n) is 10.7. The van der Waals surface area contributed by atoms with Crippen molar-refractivity contribution in [2.75, 3.05) is 20.3 Å². The summed E-state index contributed by atoms with van der Waals surface area (Å²) in [6.45, 7) is 0.181. The Morgan fingerprint density at radius 2 is 2.37 bits per heavy atom. The van der Waals surface area contributed by atoms with Gasteiger partial charge in [-0.3, -0.25) is 0 Å². The van der Waals surface area contributed by atoms with Gasteiger partial charge in [0.15, 0.2) is 0 Å². The number of halogens is 1. The van der Waals surface area contributed by atoms with E-state index in [1.54, 1.807) is 7.11 Å². The Morgan fingerprint density at radius 1 is 1.63 bits per heavy atom. The quantitative estimate of drug-likeness (QED) is 0.753. The van der Waals surface area contributed by atoms with Crippen LogP contribution in [0.2, 0.25) is 0 Å². The topological polar surface area (TPSA) is 84.9 Å². The molecular formula is C13H18BrNO4. The number of rotatable bonds is 4. The fourth-order valence-corrected chi connectivity index (χ4v) is 2.84. The largest absolute Gasteiger partial charge is 0.496 e. The molecule has 0 bridgehead atoms. The summed E-state index contributed by atoms with van der Waals surface area (Å²) in [5.41, 5.74) is 7.60. The van der Waals surface area contributed by atoms with Crippen molar-refractivity contribution >= 4 is 15.9 Å². The lowest BCUT2D eigenvalue weighted by Gasteiger charge is -2.27. The molecule has 0 radical (unpaired) electrons. The third-order valence-electron chi connectivity index (χ3n) is 3.19. The molecule has 19 heavy (non-hydrogen) atoms. The first-order chi connectivity index (χ1) is 9.06. The summed E-state index contributed by atoms with van der Waals surface area (Å²) >= 11 is 3.44. The number of methoxy groups -OCH3 is 1. The van der Waals surface area contributed by atoms with Gasteiger partial charge in [-0.25, -0.2) is 0 Å². The van der Waals surface area contributed by atoms with Crippen LogP contribution in [0.15, 0.2) is 10.5 Å². The lowest BCUT2D eigenvalue weighted by molar-refractivity contribution is 0.0909. The second kappa shape index (κ2) is 6.09. The highest BCUT2D eigenvalue weighted by Crippen LogP contribution is 2.41. The monoisotopic (exact) mass is 331 g/mol. The van der Waals surface area contributed by atoms with E-state index in [1.165, 1.54) is 0 Å². The molecule has 0 fully saturated rings. The van der Waals surface area contributed by atoms with Crippen molar-refractivity contribution in [3.8, 4) is 11.5 Å². The Kier molecular flexibility index (Phi) is 4.67. The molecule has 2 atom stereocenters. The van der Waals surface area contributed by atoms with Crippen LogP contribution in [0.1, 0.15) is 11.1 Å². The van der Waals surface area contributed by atoms with E-state index in [0.29, 0.717) is 18.6 Å². The number of hydrogen-bond acceptors (Lipinski definition) is 5. The van der Waals surface area contributed by atoms with E-state index in [4.69, 9.17) is 20.3 Å². The van der Waals surface area contributed by atoms with Gasteiger partial charge in [-0.1, -0.05) is 0 Å². The molecule has 1 aromatic carbocycles. The highest BCUT2D eigenvalue weighted by Gasteiger charge is 2.26. The van der Waals surface area contributed by atoms with Crippen LogP contribution in [-0.2, 0) is 12.8 Å². The first-order valence-electron chi connectivity index (χ1n) is 6.12. The molecule has 0 spiro atoms. The molecule has 1 aliphatic heterocycles. The van der Waals surface area contributed by atoms with Gasteiger partial charge >= 0.3 is 0 Å². The summed E-state index contributed by atoms with van der Waals surface area (Å²) < 4.78 is 11.7. The zero-order valence-corrected chi connectivity index (χ0v) is 12.3. The Morgan fingerprint density at radius 3 is 3.00 bits per heavy atom. The van der Waals surface area contributed by atoms with Crippen molar-refractivity contribution in [3.63, 3.8) is 0 Å². The van der Waals surface area contributed by atoms with Crippen LogP contribution in [0, 0.1) is 0 Å². The van der Waals surface area contributed by atoms with Crippen LogP contribution in [-0.4, -0.2) is 42.7 Å². The molecule has 5 nitrogen and oxygen atoms in total. The van der Waals surface area contributed by atoms with Crippen molar-refractivity contribution < 1.29 is 19.7 Å². The van der Waals surface area contributed by atoms with Crippen molar-refractivity contribution in [3.05, 3.63) is 21.7 Å². The fraction of sp³-hybridized carbons (Fsp3) is 0.538. The number of nitrogens with two attached hydrogens (primary N) is 1. The molecule has 1 aliphatic rings. The van der Waals surface area contributed by atoms with Gasteiger partial charge in [0.1, 0.15) is 18.1 Å². The molecule has 2 rings (SSSR count). The maximum absolute atomic E-state index is 9.76. The predicted molar refractivity (Wildman–Crippen MR) is 74.7 cm³/mol. The van der Waals surface area contributed by atoms with E-state index in [2.05, 4.69) is 15.9 Å². The van der Waals surface area contributed by atoms with Crippen LogP contribution in [0.25, 0.3) is 0 Å². The van der Waals surface area contributed by atoms with E-state index in [9.17, 15) is 5.11 Å². The molecule has 106 valence electrons. The van der Waals surface area contributed by atoms with E-state index < -0.39 is 6.10 Å². The number of ether oxygens (including phenoxy) is 2. The van der Waals surface area contributed by atoms with Gasteiger partial charge in [0.25, 0.3) is 0 Å². The molecule has 1 heterocycles. The minimum atomic E-state index is -0.532. The average molecular weight is 332 g/mol. The smallest absolute Gasteiger partial charge is 0.137 e. The Labute approximate surface area is 120 Å². The number of aliphatic hydroxyl groups excluding tert-OH is 2. The van der Waals surface area contributed by atoms with Gasteiger partial charge in [-0.15, -0.1) is 0 Å². The van der Waals surface area contributed by atoms with E-state index >= 15 is 0 Å². The lowest BCUT2D eigenvalue weighted by Crippen LogP contribution is -2.30. The Bertz CT molecular complexity index is 466. The van der Waals surface area contributed by atoms with Crippen molar-refractivity contribution in [1.29, 1.82) is 0 Å². The summed E-state index contributed by atoms with van der Waals surface area (Å²) in [5.74, 6) is 1.42. The SMILES string of the molecule is COc1cc(Br)c2c(c1C[C@@H](N)CO)CC(O)CO2. The second-order valence-electron chi connectivity index (χ2n) is 4.66. The molecule has 0 aromatic heterocycles. The van der Waals surface area contributed by atoms with Crippen LogP contribution < -0.4 is 15.2 Å². The molecule has 4 N–H and O–H groups in total. The van der Waals surface area contributed by atoms with Crippen LogP contribution in [0.5, 0.6) is 11.5 Å². The van der Waals surface area contributed by atoms with Gasteiger partial charge in [-0.05, 0) is 28.4 Å². The number of aliphatic hydroxyl groups is 2. The third kappa shape index (κ3) is 3.02. The predicted octanol–water partition coefficient (Wildman–Crippen LogP) is 0.616. The lowest BCUT2D eigenvalue weighted by atomic mass is 9.93. The first-order valence-corrected chi connectivity index (χ1v) is 6.91. The molecule has 0 saturated carbocycles. The fourth-order valence-electron chi connectivity index (χ4n) is 2.28. The first kappa shape index (κ1) is 14.6. The van der Waals surface area contributed by atoms with E-state index in [1.807, 2.05) is 6.07 Å². The van der Waals surface area contributed by atoms with Crippen molar-refractivity contribution in [2.24, 2.45) is 5.73 Å². The maximum atomic E-state index is 9.76. The summed E-state index contributed by atoms with van der Waals surface area (Å²) in [7, 11) is 1.59. The summed E-state index contributed by atoms with van der Waals surface area (Å²) in [4.78, 5) is 0. The van der Waals surface area contributed by atoms with Gasteiger partial charge < -0.3 is 25.4 Å². The molecule has 1 unspecified atom stereocenters. The van der Waals surface area contributed by atoms with E-state index in [0.717, 1.165) is 21.3 Å². The van der Waals surface area contributed by atoms with Crippen LogP contribution >= 0.6 is 15.9 Å². The minimum absolute atomic E-state index is 0.0998. The van der Waals surface area contributed by atoms with Gasteiger partial charge in [0, 0.05) is 23.6 Å². The summed E-state index contributed by atoms with van der Waals surface area (Å²) in [6, 6.07) is 1.47.